The first-order valence-electron chi connectivity index (χ1n) is 6.50. The molecule has 0 aliphatic heterocycles. The number of nitrogens with zero attached hydrogens (tertiary/aromatic N) is 2. The Balaban J connectivity index is 1.88. The number of aromatic nitrogens is 2. The lowest BCUT2D eigenvalue weighted by molar-refractivity contribution is 0.147. The fourth-order valence-corrected chi connectivity index (χ4v) is 1.69. The summed E-state index contributed by atoms with van der Waals surface area (Å²) in [5.41, 5.74) is 2.59. The van der Waals surface area contributed by atoms with E-state index in [-0.39, 0.29) is 0 Å². The molecular formula is C12H21N5O. The average molecular weight is 251 g/mol. The molecule has 100 valence electrons. The number of hydrogen-bond donors (Lipinski definition) is 3. The van der Waals surface area contributed by atoms with Crippen LogP contribution in [0, 0.1) is 0 Å². The summed E-state index contributed by atoms with van der Waals surface area (Å²) in [7, 11) is 0. The van der Waals surface area contributed by atoms with E-state index in [0.29, 0.717) is 11.7 Å². The van der Waals surface area contributed by atoms with Gasteiger partial charge in [0.05, 0.1) is 0 Å². The maximum atomic E-state index is 5.41. The first kappa shape index (κ1) is 13.0. The lowest BCUT2D eigenvalue weighted by Gasteiger charge is -2.09. The van der Waals surface area contributed by atoms with Gasteiger partial charge < -0.3 is 15.5 Å². The van der Waals surface area contributed by atoms with E-state index in [4.69, 9.17) is 10.6 Å². The van der Waals surface area contributed by atoms with E-state index in [1.165, 1.54) is 12.8 Å². The molecule has 1 heterocycles. The zero-order valence-corrected chi connectivity index (χ0v) is 10.8. The fourth-order valence-electron chi connectivity index (χ4n) is 1.69. The van der Waals surface area contributed by atoms with Gasteiger partial charge in [-0.2, -0.15) is 0 Å². The largest absolute Gasteiger partial charge is 0.382 e. The van der Waals surface area contributed by atoms with Crippen LogP contribution in [-0.4, -0.2) is 29.7 Å². The number of anilines is 2. The predicted octanol–water partition coefficient (Wildman–Crippen LogP) is 1.48. The van der Waals surface area contributed by atoms with E-state index in [9.17, 15) is 0 Å². The van der Waals surface area contributed by atoms with Crippen LogP contribution in [0.1, 0.15) is 37.9 Å². The van der Waals surface area contributed by atoms with Crippen molar-refractivity contribution >= 4 is 11.6 Å². The van der Waals surface area contributed by atoms with Gasteiger partial charge in [0, 0.05) is 31.7 Å². The van der Waals surface area contributed by atoms with Crippen molar-refractivity contribution < 1.29 is 4.74 Å². The Morgan fingerprint density at radius 1 is 1.39 bits per heavy atom. The van der Waals surface area contributed by atoms with Gasteiger partial charge in [-0.3, -0.25) is 0 Å². The molecule has 0 saturated heterocycles. The zero-order chi connectivity index (χ0) is 12.8. The zero-order valence-electron chi connectivity index (χ0n) is 10.8. The normalized spacial score (nSPS) is 14.6. The van der Waals surface area contributed by atoms with E-state index in [1.54, 1.807) is 0 Å². The van der Waals surface area contributed by atoms with E-state index in [1.807, 2.05) is 13.0 Å². The van der Waals surface area contributed by atoms with Gasteiger partial charge in [-0.1, -0.05) is 0 Å². The van der Waals surface area contributed by atoms with E-state index in [0.717, 1.165) is 37.8 Å². The highest BCUT2D eigenvalue weighted by atomic mass is 16.5. The third-order valence-corrected chi connectivity index (χ3v) is 2.81. The number of hydrogen-bond acceptors (Lipinski definition) is 6. The van der Waals surface area contributed by atoms with Crippen LogP contribution in [0.15, 0.2) is 6.07 Å². The van der Waals surface area contributed by atoms with Crippen LogP contribution in [-0.2, 0) is 4.74 Å². The first-order valence-corrected chi connectivity index (χ1v) is 6.50. The first-order chi connectivity index (χ1) is 8.83. The maximum absolute atomic E-state index is 5.41. The summed E-state index contributed by atoms with van der Waals surface area (Å²) in [6.07, 6.45) is 3.32. The van der Waals surface area contributed by atoms with Crippen LogP contribution in [0.5, 0.6) is 0 Å². The van der Waals surface area contributed by atoms with Crippen molar-refractivity contribution in [3.05, 3.63) is 11.9 Å². The van der Waals surface area contributed by atoms with Gasteiger partial charge >= 0.3 is 0 Å². The van der Waals surface area contributed by atoms with Gasteiger partial charge in [0.1, 0.15) is 17.5 Å². The second-order valence-corrected chi connectivity index (χ2v) is 4.39. The summed E-state index contributed by atoms with van der Waals surface area (Å²) in [5.74, 6) is 8.31. The minimum atomic E-state index is 0.516. The van der Waals surface area contributed by atoms with Crippen molar-refractivity contribution in [2.75, 3.05) is 30.5 Å². The van der Waals surface area contributed by atoms with Crippen LogP contribution in [0.2, 0.25) is 0 Å². The second-order valence-electron chi connectivity index (χ2n) is 4.39. The Kier molecular flexibility index (Phi) is 4.72. The summed E-state index contributed by atoms with van der Waals surface area (Å²) in [4.78, 5) is 8.86. The molecule has 1 fully saturated rings. The lowest BCUT2D eigenvalue weighted by atomic mass is 10.3. The minimum Gasteiger partial charge on any atom is -0.382 e. The highest BCUT2D eigenvalue weighted by molar-refractivity contribution is 5.47. The average Bonchev–Trinajstić information content (AvgIpc) is 3.22. The molecule has 18 heavy (non-hydrogen) atoms. The number of nitrogen functional groups attached to an aromatic ring is 1. The Bertz CT molecular complexity index is 381. The molecule has 1 aliphatic rings. The van der Waals surface area contributed by atoms with Gasteiger partial charge in [0.25, 0.3) is 0 Å². The SMILES string of the molecule is CCOCCCNc1cc(NN)nc(C2CC2)n1. The number of nitrogens with two attached hydrogens (primary N) is 1. The molecule has 0 unspecified atom stereocenters. The molecule has 2 rings (SSSR count). The van der Waals surface area contributed by atoms with Crippen molar-refractivity contribution in [1.82, 2.24) is 9.97 Å². The highest BCUT2D eigenvalue weighted by Gasteiger charge is 2.27. The van der Waals surface area contributed by atoms with Crippen LogP contribution in [0.3, 0.4) is 0 Å². The van der Waals surface area contributed by atoms with Crippen LogP contribution >= 0.6 is 0 Å². The molecule has 0 spiro atoms. The van der Waals surface area contributed by atoms with Gasteiger partial charge in [0.15, 0.2) is 0 Å². The second kappa shape index (κ2) is 6.51. The third kappa shape index (κ3) is 3.82. The van der Waals surface area contributed by atoms with E-state index >= 15 is 0 Å². The summed E-state index contributed by atoms with van der Waals surface area (Å²) >= 11 is 0. The molecule has 4 N–H and O–H groups in total. The molecule has 0 aromatic carbocycles. The third-order valence-electron chi connectivity index (χ3n) is 2.81. The van der Waals surface area contributed by atoms with Crippen LogP contribution in [0.25, 0.3) is 0 Å². The molecular weight excluding hydrogens is 230 g/mol. The van der Waals surface area contributed by atoms with Crippen molar-refractivity contribution in [1.29, 1.82) is 0 Å². The predicted molar refractivity (Wildman–Crippen MR) is 71.4 cm³/mol. The number of nitrogens with one attached hydrogen (secondary N) is 2. The summed E-state index contributed by atoms with van der Waals surface area (Å²) < 4.78 is 5.28. The molecule has 1 aliphatic carbocycles. The Hall–Kier alpha value is -1.40. The van der Waals surface area contributed by atoms with Gasteiger partial charge in [0.2, 0.25) is 0 Å². The Morgan fingerprint density at radius 3 is 2.83 bits per heavy atom. The topological polar surface area (TPSA) is 85.1 Å². The van der Waals surface area contributed by atoms with Gasteiger partial charge in [-0.25, -0.2) is 15.8 Å². The molecule has 0 atom stereocenters. The van der Waals surface area contributed by atoms with Gasteiger partial charge in [-0.15, -0.1) is 0 Å². The Morgan fingerprint density at radius 2 is 2.17 bits per heavy atom. The monoisotopic (exact) mass is 251 g/mol. The highest BCUT2D eigenvalue weighted by Crippen LogP contribution is 2.38. The fraction of sp³-hybridized carbons (Fsp3) is 0.667. The molecule has 0 amide bonds. The maximum Gasteiger partial charge on any atom is 0.145 e. The smallest absolute Gasteiger partial charge is 0.145 e. The summed E-state index contributed by atoms with van der Waals surface area (Å²) in [5, 5.41) is 3.27. The van der Waals surface area contributed by atoms with Crippen molar-refractivity contribution in [2.45, 2.75) is 32.1 Å². The minimum absolute atomic E-state index is 0.516. The summed E-state index contributed by atoms with van der Waals surface area (Å²) in [6, 6.07) is 1.83. The van der Waals surface area contributed by atoms with Crippen molar-refractivity contribution in [2.24, 2.45) is 5.84 Å². The molecule has 6 nitrogen and oxygen atoms in total. The van der Waals surface area contributed by atoms with Crippen molar-refractivity contribution in [3.8, 4) is 0 Å². The number of hydrazine groups is 1. The molecule has 6 heteroatoms. The van der Waals surface area contributed by atoms with Crippen LogP contribution in [0.4, 0.5) is 11.6 Å². The molecule has 0 bridgehead atoms. The lowest BCUT2D eigenvalue weighted by Crippen LogP contribution is -2.13. The Labute approximate surface area is 107 Å². The molecule has 1 saturated carbocycles. The van der Waals surface area contributed by atoms with Gasteiger partial charge in [-0.05, 0) is 26.2 Å². The summed E-state index contributed by atoms with van der Waals surface area (Å²) in [6.45, 7) is 4.37. The van der Waals surface area contributed by atoms with E-state index in [2.05, 4.69) is 20.7 Å². The molecule has 0 radical (unpaired) electrons. The van der Waals surface area contributed by atoms with E-state index < -0.39 is 0 Å². The van der Waals surface area contributed by atoms with Crippen LogP contribution < -0.4 is 16.6 Å². The van der Waals surface area contributed by atoms with Crippen molar-refractivity contribution in [3.63, 3.8) is 0 Å². The quantitative estimate of drug-likeness (QED) is 0.368. The standard InChI is InChI=1S/C12H21N5O/c1-2-18-7-3-6-14-10-8-11(17-13)16-12(15-10)9-4-5-9/h8-9H,2-7,13H2,1H3,(H2,14,15,16,17). The molecule has 1 aromatic heterocycles. The molecule has 1 aromatic rings. The number of ether oxygens (including phenoxy) is 1. The number of rotatable bonds is 8.